The fraction of sp³-hybridized carbons (Fsp3) is 0.312. The Labute approximate surface area is 216 Å². The van der Waals surface area contributed by atoms with E-state index in [4.69, 9.17) is 11.6 Å². The third-order valence-electron chi connectivity index (χ3n) is 6.80. The van der Waals surface area contributed by atoms with E-state index in [1.54, 1.807) is 0 Å². The monoisotopic (exact) mass is 484 g/mol. The highest BCUT2D eigenvalue weighted by molar-refractivity contribution is 6.30. The summed E-state index contributed by atoms with van der Waals surface area (Å²) in [5.41, 5.74) is 7.98. The molecular formula is C32H37ClN2. The third-order valence-corrected chi connectivity index (χ3v) is 7.04. The number of aryl methyl sites for hydroxylation is 3. The number of benzene rings is 3. The zero-order valence-corrected chi connectivity index (χ0v) is 21.7. The summed E-state index contributed by atoms with van der Waals surface area (Å²) in [6.45, 7) is 7.26. The lowest BCUT2D eigenvalue weighted by atomic mass is 10.0. The van der Waals surface area contributed by atoms with E-state index in [0.717, 1.165) is 63.2 Å². The van der Waals surface area contributed by atoms with Gasteiger partial charge in [0.1, 0.15) is 0 Å². The Morgan fingerprint density at radius 2 is 1.69 bits per heavy atom. The Hall–Kier alpha value is -2.81. The molecule has 35 heavy (non-hydrogen) atoms. The second-order valence-electron chi connectivity index (χ2n) is 9.57. The fourth-order valence-electron chi connectivity index (χ4n) is 4.80. The van der Waals surface area contributed by atoms with Crippen LogP contribution in [0.1, 0.15) is 36.0 Å². The molecular weight excluding hydrogens is 448 g/mol. The van der Waals surface area contributed by atoms with E-state index in [1.165, 1.54) is 33.6 Å². The van der Waals surface area contributed by atoms with Gasteiger partial charge in [0.25, 0.3) is 0 Å². The molecule has 0 amide bonds. The van der Waals surface area contributed by atoms with Crippen molar-refractivity contribution in [3.05, 3.63) is 119 Å². The molecule has 0 spiro atoms. The molecule has 0 aromatic heterocycles. The second-order valence-corrected chi connectivity index (χ2v) is 10.0. The van der Waals surface area contributed by atoms with E-state index in [-0.39, 0.29) is 0 Å². The van der Waals surface area contributed by atoms with Gasteiger partial charge in [0.05, 0.1) is 0 Å². The number of likely N-dealkylation sites (N-methyl/N-ethyl adjacent to an activating group) is 1. The van der Waals surface area contributed by atoms with Crippen molar-refractivity contribution in [3.63, 3.8) is 0 Å². The maximum absolute atomic E-state index is 6.40. The molecule has 0 unspecified atom stereocenters. The first-order valence-electron chi connectivity index (χ1n) is 12.8. The zero-order valence-electron chi connectivity index (χ0n) is 20.9. The lowest BCUT2D eigenvalue weighted by Gasteiger charge is -2.27. The van der Waals surface area contributed by atoms with Crippen molar-refractivity contribution in [2.24, 2.45) is 0 Å². The van der Waals surface area contributed by atoms with Gasteiger partial charge in [0, 0.05) is 29.5 Å². The Bertz CT molecular complexity index is 1140. The molecule has 1 aliphatic heterocycles. The van der Waals surface area contributed by atoms with Crippen LogP contribution >= 0.6 is 11.6 Å². The highest BCUT2D eigenvalue weighted by atomic mass is 35.5. The van der Waals surface area contributed by atoms with Crippen LogP contribution in [0.2, 0.25) is 5.02 Å². The molecule has 0 aliphatic carbocycles. The molecule has 0 bridgehead atoms. The molecule has 0 N–H and O–H groups in total. The predicted molar refractivity (Wildman–Crippen MR) is 152 cm³/mol. The van der Waals surface area contributed by atoms with Crippen LogP contribution in [0.25, 0.3) is 0 Å². The minimum absolute atomic E-state index is 0.810. The first-order valence-corrected chi connectivity index (χ1v) is 13.2. The zero-order chi connectivity index (χ0) is 24.5. The molecule has 3 aromatic carbocycles. The molecule has 3 aromatic rings. The van der Waals surface area contributed by atoms with E-state index in [1.807, 2.05) is 6.07 Å². The largest absolute Gasteiger partial charge is 0.341 e. The number of anilines is 2. The molecule has 0 radical (unpaired) electrons. The molecule has 3 heteroatoms. The number of para-hydroxylation sites is 1. The summed E-state index contributed by atoms with van der Waals surface area (Å²) in [5.74, 6) is 0. The minimum Gasteiger partial charge on any atom is -0.341 e. The van der Waals surface area contributed by atoms with Crippen molar-refractivity contribution >= 4 is 23.0 Å². The number of fused-ring (bicyclic) bond motifs is 2. The minimum atomic E-state index is 0.810. The van der Waals surface area contributed by atoms with E-state index < -0.39 is 0 Å². The molecule has 0 fully saturated rings. The molecule has 0 atom stereocenters. The summed E-state index contributed by atoms with van der Waals surface area (Å²) < 4.78 is 0. The van der Waals surface area contributed by atoms with Crippen molar-refractivity contribution in [1.82, 2.24) is 4.90 Å². The Balaban J connectivity index is 1.24. The Morgan fingerprint density at radius 3 is 2.51 bits per heavy atom. The molecule has 0 saturated heterocycles. The van der Waals surface area contributed by atoms with Crippen molar-refractivity contribution < 1.29 is 0 Å². The van der Waals surface area contributed by atoms with Gasteiger partial charge in [0.15, 0.2) is 0 Å². The maximum Gasteiger partial charge on any atom is 0.0458 e. The Kier molecular flexibility index (Phi) is 9.22. The van der Waals surface area contributed by atoms with Crippen molar-refractivity contribution in [3.8, 4) is 0 Å². The van der Waals surface area contributed by atoms with Crippen molar-refractivity contribution in [1.29, 1.82) is 0 Å². The van der Waals surface area contributed by atoms with E-state index in [2.05, 4.69) is 102 Å². The first-order chi connectivity index (χ1) is 17.1. The number of hydrogen-bond acceptors (Lipinski definition) is 2. The summed E-state index contributed by atoms with van der Waals surface area (Å²) in [6, 6.07) is 25.8. The van der Waals surface area contributed by atoms with Gasteiger partial charge < -0.3 is 9.80 Å². The van der Waals surface area contributed by atoms with E-state index in [9.17, 15) is 0 Å². The Morgan fingerprint density at radius 1 is 0.943 bits per heavy atom. The van der Waals surface area contributed by atoms with Gasteiger partial charge in [-0.05, 0) is 87.0 Å². The maximum atomic E-state index is 6.40. The average Bonchev–Trinajstić information content (AvgIpc) is 3.02. The van der Waals surface area contributed by atoms with Gasteiger partial charge in [-0.25, -0.2) is 0 Å². The number of allylic oxidation sites excluding steroid dienone is 2. The third kappa shape index (κ3) is 7.34. The SMILES string of the molecule is C=C(/C=C/CN(C)CCCCN1c2ccccc2CCc2ccc(Cl)cc21)CCc1ccccc1. The topological polar surface area (TPSA) is 6.48 Å². The van der Waals surface area contributed by atoms with Gasteiger partial charge in [-0.3, -0.25) is 0 Å². The number of hydrogen-bond donors (Lipinski definition) is 0. The van der Waals surface area contributed by atoms with Gasteiger partial charge in [-0.2, -0.15) is 0 Å². The first kappa shape index (κ1) is 25.3. The quantitative estimate of drug-likeness (QED) is 0.201. The van der Waals surface area contributed by atoms with Crippen LogP contribution in [0.3, 0.4) is 0 Å². The van der Waals surface area contributed by atoms with Crippen LogP contribution in [0.15, 0.2) is 97.1 Å². The van der Waals surface area contributed by atoms with E-state index >= 15 is 0 Å². The summed E-state index contributed by atoms with van der Waals surface area (Å²) in [5, 5.41) is 0.810. The van der Waals surface area contributed by atoms with Gasteiger partial charge in [0.2, 0.25) is 0 Å². The smallest absolute Gasteiger partial charge is 0.0458 e. The van der Waals surface area contributed by atoms with Gasteiger partial charge >= 0.3 is 0 Å². The van der Waals surface area contributed by atoms with Gasteiger partial charge in [-0.1, -0.05) is 90.5 Å². The van der Waals surface area contributed by atoms with Crippen LogP contribution in [0.4, 0.5) is 11.4 Å². The van der Waals surface area contributed by atoms with Crippen LogP contribution in [0, 0.1) is 0 Å². The number of halogens is 1. The predicted octanol–water partition coefficient (Wildman–Crippen LogP) is 8.03. The molecule has 1 aliphatic rings. The number of nitrogens with zero attached hydrogens (tertiary/aromatic N) is 2. The summed E-state index contributed by atoms with van der Waals surface area (Å²) in [6.07, 6.45) is 10.9. The van der Waals surface area contributed by atoms with E-state index in [0.29, 0.717) is 0 Å². The van der Waals surface area contributed by atoms with Crippen LogP contribution < -0.4 is 4.90 Å². The van der Waals surface area contributed by atoms with Crippen LogP contribution in [-0.2, 0) is 19.3 Å². The molecule has 0 saturated carbocycles. The number of rotatable bonds is 11. The van der Waals surface area contributed by atoms with Gasteiger partial charge in [-0.15, -0.1) is 0 Å². The van der Waals surface area contributed by atoms with Crippen molar-refractivity contribution in [2.75, 3.05) is 31.6 Å². The molecule has 1 heterocycles. The normalized spacial score (nSPS) is 13.1. The van der Waals surface area contributed by atoms with Crippen LogP contribution in [-0.4, -0.2) is 31.6 Å². The summed E-state index contributed by atoms with van der Waals surface area (Å²) >= 11 is 6.40. The summed E-state index contributed by atoms with van der Waals surface area (Å²) in [7, 11) is 2.20. The van der Waals surface area contributed by atoms with Crippen LogP contribution in [0.5, 0.6) is 0 Å². The molecule has 2 nitrogen and oxygen atoms in total. The lowest BCUT2D eigenvalue weighted by molar-refractivity contribution is 0.360. The molecule has 4 rings (SSSR count). The highest BCUT2D eigenvalue weighted by Gasteiger charge is 2.20. The standard InChI is InChI=1S/C32H37ClN2/c1-26(16-17-27-12-4-3-5-13-27)11-10-23-34(2)22-8-9-24-35-31-15-7-6-14-28(31)18-19-29-20-21-30(33)25-32(29)35/h3-7,10-15,20-21,25H,1,8-9,16-19,22-24H2,2H3/b11-10+. The van der Waals surface area contributed by atoms with Crippen molar-refractivity contribution in [2.45, 2.75) is 38.5 Å². The average molecular weight is 485 g/mol. The fourth-order valence-corrected chi connectivity index (χ4v) is 4.97. The molecule has 182 valence electrons. The number of unbranched alkanes of at least 4 members (excludes halogenated alkanes) is 1. The second kappa shape index (κ2) is 12.8. The highest BCUT2D eigenvalue weighted by Crippen LogP contribution is 2.37. The summed E-state index contributed by atoms with van der Waals surface area (Å²) in [4.78, 5) is 4.88. The lowest BCUT2D eigenvalue weighted by Crippen LogP contribution is -2.23.